The third-order valence-corrected chi connectivity index (χ3v) is 2.28. The fourth-order valence-electron chi connectivity index (χ4n) is 1.46. The van der Waals surface area contributed by atoms with Crippen molar-refractivity contribution in [3.63, 3.8) is 0 Å². The number of aromatic nitrogens is 4. The Bertz CT molecular complexity index is 467. The van der Waals surface area contributed by atoms with Gasteiger partial charge in [0.25, 0.3) is 0 Å². The van der Waals surface area contributed by atoms with E-state index in [1.165, 1.54) is 6.33 Å². The number of nitrogens with zero attached hydrogens (tertiary/aromatic N) is 4. The zero-order chi connectivity index (χ0) is 11.4. The highest BCUT2D eigenvalue weighted by Crippen LogP contribution is 2.07. The first-order chi connectivity index (χ1) is 7.79. The molecule has 0 saturated heterocycles. The number of hydrogen-bond acceptors (Lipinski definition) is 4. The minimum atomic E-state index is 0.206. The van der Waals surface area contributed by atoms with Gasteiger partial charge in [-0.1, -0.05) is 0 Å². The van der Waals surface area contributed by atoms with E-state index in [1.807, 2.05) is 19.2 Å². The summed E-state index contributed by atoms with van der Waals surface area (Å²) in [6, 6.07) is 1.88. The summed E-state index contributed by atoms with van der Waals surface area (Å²) in [6.45, 7) is 2.12. The monoisotopic (exact) mass is 218 g/mol. The van der Waals surface area contributed by atoms with Crippen molar-refractivity contribution in [1.82, 2.24) is 19.7 Å². The number of aliphatic hydroxyl groups is 1. The second kappa shape index (κ2) is 4.85. The Labute approximate surface area is 93.8 Å². The molecule has 2 heterocycles. The molecular formula is C11H14N4O. The summed E-state index contributed by atoms with van der Waals surface area (Å²) in [5.74, 6) is 0.766. The van der Waals surface area contributed by atoms with Crippen molar-refractivity contribution in [2.75, 3.05) is 6.61 Å². The minimum absolute atomic E-state index is 0.206. The van der Waals surface area contributed by atoms with Crippen molar-refractivity contribution < 1.29 is 5.11 Å². The molecule has 2 aromatic heterocycles. The molecule has 5 heteroatoms. The molecule has 84 valence electrons. The normalized spacial score (nSPS) is 10.6. The Morgan fingerprint density at radius 2 is 2.25 bits per heavy atom. The third kappa shape index (κ3) is 2.43. The maximum atomic E-state index is 8.74. The topological polar surface area (TPSA) is 63.8 Å². The summed E-state index contributed by atoms with van der Waals surface area (Å²) in [6.07, 6.45) is 6.85. The molecule has 1 N–H and O–H groups in total. The van der Waals surface area contributed by atoms with Gasteiger partial charge in [0, 0.05) is 24.6 Å². The van der Waals surface area contributed by atoms with Crippen LogP contribution in [0, 0.1) is 6.92 Å². The van der Waals surface area contributed by atoms with Crippen LogP contribution in [0.5, 0.6) is 0 Å². The fraction of sp³-hybridized carbons (Fsp3) is 0.364. The van der Waals surface area contributed by atoms with Crippen LogP contribution >= 0.6 is 0 Å². The number of hydrogen-bond donors (Lipinski definition) is 1. The summed E-state index contributed by atoms with van der Waals surface area (Å²) in [4.78, 5) is 8.18. The number of rotatable bonds is 4. The molecule has 0 bridgehead atoms. The molecule has 0 unspecified atom stereocenters. The van der Waals surface area contributed by atoms with E-state index in [4.69, 9.17) is 5.11 Å². The SMILES string of the molecule is Cc1cc(-n2cc(CCCO)cn2)ncn1. The lowest BCUT2D eigenvalue weighted by molar-refractivity contribution is 0.288. The van der Waals surface area contributed by atoms with Crippen molar-refractivity contribution in [1.29, 1.82) is 0 Å². The quantitative estimate of drug-likeness (QED) is 0.828. The van der Waals surface area contributed by atoms with Crippen LogP contribution in [0.3, 0.4) is 0 Å². The fourth-order valence-corrected chi connectivity index (χ4v) is 1.46. The number of aliphatic hydroxyl groups excluding tert-OH is 1. The maximum Gasteiger partial charge on any atom is 0.156 e. The van der Waals surface area contributed by atoms with Crippen LogP contribution in [-0.4, -0.2) is 31.5 Å². The molecule has 0 aliphatic heterocycles. The zero-order valence-electron chi connectivity index (χ0n) is 9.17. The minimum Gasteiger partial charge on any atom is -0.396 e. The van der Waals surface area contributed by atoms with Gasteiger partial charge in [0.1, 0.15) is 6.33 Å². The predicted molar refractivity (Wildman–Crippen MR) is 59.3 cm³/mol. The largest absolute Gasteiger partial charge is 0.396 e. The highest BCUT2D eigenvalue weighted by Gasteiger charge is 2.02. The summed E-state index contributed by atoms with van der Waals surface area (Å²) in [5, 5.41) is 13.0. The van der Waals surface area contributed by atoms with Crippen LogP contribution < -0.4 is 0 Å². The van der Waals surface area contributed by atoms with E-state index in [2.05, 4.69) is 15.1 Å². The molecule has 5 nitrogen and oxygen atoms in total. The molecule has 0 fully saturated rings. The van der Waals surface area contributed by atoms with Gasteiger partial charge >= 0.3 is 0 Å². The van der Waals surface area contributed by atoms with Crippen LogP contribution in [0.25, 0.3) is 5.82 Å². The van der Waals surface area contributed by atoms with Crippen LogP contribution in [0.15, 0.2) is 24.8 Å². The van der Waals surface area contributed by atoms with Crippen molar-refractivity contribution in [3.8, 4) is 5.82 Å². The second-order valence-electron chi connectivity index (χ2n) is 3.64. The Balaban J connectivity index is 2.18. The smallest absolute Gasteiger partial charge is 0.156 e. The molecule has 0 aliphatic rings. The molecule has 0 saturated carbocycles. The van der Waals surface area contributed by atoms with Gasteiger partial charge in [0.2, 0.25) is 0 Å². The molecule has 0 amide bonds. The average Bonchev–Trinajstić information content (AvgIpc) is 2.75. The molecule has 2 rings (SSSR count). The van der Waals surface area contributed by atoms with Gasteiger partial charge in [-0.15, -0.1) is 0 Å². The molecule has 0 aliphatic carbocycles. The van der Waals surface area contributed by atoms with Gasteiger partial charge in [-0.05, 0) is 25.3 Å². The van der Waals surface area contributed by atoms with Crippen LogP contribution in [0.4, 0.5) is 0 Å². The lowest BCUT2D eigenvalue weighted by atomic mass is 10.2. The highest BCUT2D eigenvalue weighted by atomic mass is 16.2. The summed E-state index contributed by atoms with van der Waals surface area (Å²) in [7, 11) is 0. The lowest BCUT2D eigenvalue weighted by Crippen LogP contribution is -1.99. The predicted octanol–water partition coefficient (Wildman–Crippen LogP) is 0.896. The highest BCUT2D eigenvalue weighted by molar-refractivity contribution is 5.23. The van der Waals surface area contributed by atoms with Crippen LogP contribution in [0.1, 0.15) is 17.7 Å². The average molecular weight is 218 g/mol. The van der Waals surface area contributed by atoms with E-state index in [9.17, 15) is 0 Å². The third-order valence-electron chi connectivity index (χ3n) is 2.28. The molecule has 0 spiro atoms. The summed E-state index contributed by atoms with van der Waals surface area (Å²) in [5.41, 5.74) is 2.02. The standard InChI is InChI=1S/C11H14N4O/c1-9-5-11(13-8-12-9)15-7-10(6-14-15)3-2-4-16/h5-8,16H,2-4H2,1H3. The molecule has 0 radical (unpaired) electrons. The first-order valence-electron chi connectivity index (χ1n) is 5.23. The van der Waals surface area contributed by atoms with E-state index in [0.29, 0.717) is 0 Å². The van der Waals surface area contributed by atoms with Gasteiger partial charge in [-0.2, -0.15) is 5.10 Å². The molecule has 2 aromatic rings. The van der Waals surface area contributed by atoms with Gasteiger partial charge in [-0.25, -0.2) is 14.6 Å². The van der Waals surface area contributed by atoms with E-state index < -0.39 is 0 Å². The van der Waals surface area contributed by atoms with Crippen molar-refractivity contribution in [2.24, 2.45) is 0 Å². The summed E-state index contributed by atoms with van der Waals surface area (Å²) < 4.78 is 1.72. The first-order valence-corrected chi connectivity index (χ1v) is 5.23. The molecular weight excluding hydrogens is 204 g/mol. The maximum absolute atomic E-state index is 8.74. The Morgan fingerprint density at radius 1 is 1.38 bits per heavy atom. The van der Waals surface area contributed by atoms with Gasteiger partial charge in [0.15, 0.2) is 5.82 Å². The molecule has 0 atom stereocenters. The van der Waals surface area contributed by atoms with Crippen molar-refractivity contribution in [2.45, 2.75) is 19.8 Å². The van der Waals surface area contributed by atoms with Crippen LogP contribution in [0.2, 0.25) is 0 Å². The van der Waals surface area contributed by atoms with Gasteiger partial charge in [-0.3, -0.25) is 0 Å². The van der Waals surface area contributed by atoms with Crippen molar-refractivity contribution >= 4 is 0 Å². The van der Waals surface area contributed by atoms with Crippen molar-refractivity contribution in [3.05, 3.63) is 36.0 Å². The van der Waals surface area contributed by atoms with E-state index in [1.54, 1.807) is 10.9 Å². The van der Waals surface area contributed by atoms with E-state index in [-0.39, 0.29) is 6.61 Å². The molecule has 0 aromatic carbocycles. The Morgan fingerprint density at radius 3 is 3.00 bits per heavy atom. The van der Waals surface area contributed by atoms with Gasteiger partial charge < -0.3 is 5.11 Å². The lowest BCUT2D eigenvalue weighted by Gasteiger charge is -1.99. The van der Waals surface area contributed by atoms with E-state index in [0.717, 1.165) is 29.9 Å². The van der Waals surface area contributed by atoms with Crippen LogP contribution in [-0.2, 0) is 6.42 Å². The molecule has 16 heavy (non-hydrogen) atoms. The zero-order valence-corrected chi connectivity index (χ0v) is 9.17. The van der Waals surface area contributed by atoms with E-state index >= 15 is 0 Å². The number of aryl methyl sites for hydroxylation is 2. The Kier molecular flexibility index (Phi) is 3.26. The first kappa shape index (κ1) is 10.8. The second-order valence-corrected chi connectivity index (χ2v) is 3.64. The Hall–Kier alpha value is -1.75. The van der Waals surface area contributed by atoms with Gasteiger partial charge in [0.05, 0.1) is 6.20 Å². The summed E-state index contributed by atoms with van der Waals surface area (Å²) >= 11 is 0.